The number of carbonyl (C=O) groups is 1. The van der Waals surface area contributed by atoms with Gasteiger partial charge >= 0.3 is 0 Å². The molecule has 0 radical (unpaired) electrons. The molecule has 2 aromatic heterocycles. The molecule has 0 aliphatic carbocycles. The van der Waals surface area contributed by atoms with E-state index in [-0.39, 0.29) is 11.0 Å². The SMILES string of the molecule is COc1ccc(Cl)cc1-c1nc(SC(C)C(=O)c2c(C)[nH]c3ccccc23)n[nH]1. The molecule has 0 saturated carbocycles. The Morgan fingerprint density at radius 1 is 1.24 bits per heavy atom. The van der Waals surface area contributed by atoms with E-state index in [1.54, 1.807) is 25.3 Å². The zero-order valence-corrected chi connectivity index (χ0v) is 17.7. The highest BCUT2D eigenvalue weighted by molar-refractivity contribution is 8.00. The first kappa shape index (κ1) is 19.5. The molecule has 8 heteroatoms. The van der Waals surface area contributed by atoms with Crippen molar-refractivity contribution in [1.82, 2.24) is 20.2 Å². The van der Waals surface area contributed by atoms with Crippen LogP contribution in [0.3, 0.4) is 0 Å². The second-order valence-corrected chi connectivity index (χ2v) is 8.35. The Bertz CT molecular complexity index is 1200. The minimum Gasteiger partial charge on any atom is -0.496 e. The van der Waals surface area contributed by atoms with Gasteiger partial charge in [-0.1, -0.05) is 41.6 Å². The van der Waals surface area contributed by atoms with Crippen LogP contribution in [0.4, 0.5) is 0 Å². The number of benzene rings is 2. The number of halogens is 1. The third-order valence-electron chi connectivity index (χ3n) is 4.67. The highest BCUT2D eigenvalue weighted by Gasteiger charge is 2.24. The highest BCUT2D eigenvalue weighted by Crippen LogP contribution is 2.33. The van der Waals surface area contributed by atoms with Crippen molar-refractivity contribution in [1.29, 1.82) is 0 Å². The molecule has 0 aliphatic heterocycles. The van der Waals surface area contributed by atoms with Crippen LogP contribution in [-0.4, -0.2) is 38.3 Å². The summed E-state index contributed by atoms with van der Waals surface area (Å²) in [7, 11) is 1.59. The van der Waals surface area contributed by atoms with Gasteiger partial charge in [-0.25, -0.2) is 4.98 Å². The molecular weight excluding hydrogens is 408 g/mol. The summed E-state index contributed by atoms with van der Waals surface area (Å²) in [4.78, 5) is 20.9. The van der Waals surface area contributed by atoms with Crippen LogP contribution in [-0.2, 0) is 0 Å². The van der Waals surface area contributed by atoms with Crippen molar-refractivity contribution in [2.45, 2.75) is 24.3 Å². The van der Waals surface area contributed by atoms with Crippen LogP contribution in [0.5, 0.6) is 5.75 Å². The van der Waals surface area contributed by atoms with Crippen LogP contribution in [0.25, 0.3) is 22.3 Å². The maximum absolute atomic E-state index is 13.1. The van der Waals surface area contributed by atoms with E-state index in [1.165, 1.54) is 11.8 Å². The lowest BCUT2D eigenvalue weighted by Gasteiger charge is -2.08. The van der Waals surface area contributed by atoms with Crippen molar-refractivity contribution in [3.8, 4) is 17.1 Å². The molecule has 0 amide bonds. The summed E-state index contributed by atoms with van der Waals surface area (Å²) in [5, 5.41) is 8.80. The number of thioether (sulfide) groups is 1. The Kier molecular flexibility index (Phi) is 5.34. The Labute approximate surface area is 177 Å². The number of hydrogen-bond acceptors (Lipinski definition) is 5. The number of ketones is 1. The number of methoxy groups -OCH3 is 1. The van der Waals surface area contributed by atoms with E-state index < -0.39 is 0 Å². The van der Waals surface area contributed by atoms with Crippen LogP contribution in [0, 0.1) is 6.92 Å². The molecule has 6 nitrogen and oxygen atoms in total. The number of fused-ring (bicyclic) bond motifs is 1. The van der Waals surface area contributed by atoms with Gasteiger partial charge in [0.15, 0.2) is 11.6 Å². The molecule has 4 rings (SSSR count). The molecule has 4 aromatic rings. The molecule has 0 fully saturated rings. The first-order valence-corrected chi connectivity index (χ1v) is 10.3. The second-order valence-electron chi connectivity index (χ2n) is 6.61. The average Bonchev–Trinajstić information content (AvgIpc) is 3.30. The zero-order chi connectivity index (χ0) is 20.5. The van der Waals surface area contributed by atoms with Gasteiger partial charge < -0.3 is 9.72 Å². The molecule has 148 valence electrons. The van der Waals surface area contributed by atoms with Gasteiger partial charge in [0.2, 0.25) is 5.16 Å². The van der Waals surface area contributed by atoms with Crippen molar-refractivity contribution >= 4 is 40.0 Å². The van der Waals surface area contributed by atoms with E-state index in [4.69, 9.17) is 16.3 Å². The molecule has 2 aromatic carbocycles. The summed E-state index contributed by atoms with van der Waals surface area (Å²) in [6.45, 7) is 3.78. The van der Waals surface area contributed by atoms with Crippen molar-refractivity contribution < 1.29 is 9.53 Å². The molecule has 1 atom stereocenters. The summed E-state index contributed by atoms with van der Waals surface area (Å²) < 4.78 is 5.38. The fourth-order valence-corrected chi connectivity index (χ4v) is 4.25. The van der Waals surface area contributed by atoms with Gasteiger partial charge in [0, 0.05) is 27.2 Å². The van der Waals surface area contributed by atoms with Crippen molar-refractivity contribution in [3.63, 3.8) is 0 Å². The van der Waals surface area contributed by atoms with Gasteiger partial charge in [0.05, 0.1) is 17.9 Å². The van der Waals surface area contributed by atoms with Crippen LogP contribution < -0.4 is 4.74 Å². The van der Waals surface area contributed by atoms with Crippen LogP contribution in [0.15, 0.2) is 47.6 Å². The number of aromatic nitrogens is 4. The first-order chi connectivity index (χ1) is 14.0. The normalized spacial score (nSPS) is 12.3. The van der Waals surface area contributed by atoms with Gasteiger partial charge in [-0.15, -0.1) is 5.10 Å². The summed E-state index contributed by atoms with van der Waals surface area (Å²) in [6, 6.07) is 13.1. The van der Waals surface area contributed by atoms with Crippen molar-refractivity contribution in [2.75, 3.05) is 7.11 Å². The fourth-order valence-electron chi connectivity index (χ4n) is 3.29. The summed E-state index contributed by atoms with van der Waals surface area (Å²) >= 11 is 7.42. The average molecular weight is 427 g/mol. The maximum Gasteiger partial charge on any atom is 0.209 e. The van der Waals surface area contributed by atoms with E-state index in [0.717, 1.165) is 16.6 Å². The quantitative estimate of drug-likeness (QED) is 0.323. The fraction of sp³-hybridized carbons (Fsp3) is 0.190. The molecule has 0 spiro atoms. The number of nitrogens with zero attached hydrogens (tertiary/aromatic N) is 2. The lowest BCUT2D eigenvalue weighted by molar-refractivity contribution is 0.0995. The van der Waals surface area contributed by atoms with Crippen LogP contribution >= 0.6 is 23.4 Å². The number of H-pyrrole nitrogens is 2. The summed E-state index contributed by atoms with van der Waals surface area (Å²) in [5.74, 6) is 1.21. The van der Waals surface area contributed by atoms with E-state index in [2.05, 4.69) is 20.2 Å². The summed E-state index contributed by atoms with van der Waals surface area (Å²) in [5.41, 5.74) is 3.25. The number of ether oxygens (including phenoxy) is 1. The second kappa shape index (κ2) is 7.93. The molecule has 1 unspecified atom stereocenters. The van der Waals surface area contributed by atoms with Crippen molar-refractivity contribution in [2.24, 2.45) is 0 Å². The van der Waals surface area contributed by atoms with Gasteiger partial charge in [-0.3, -0.25) is 9.89 Å². The zero-order valence-electron chi connectivity index (χ0n) is 16.1. The molecule has 0 aliphatic rings. The van der Waals surface area contributed by atoms with Gasteiger partial charge in [-0.2, -0.15) is 0 Å². The largest absolute Gasteiger partial charge is 0.496 e. The minimum absolute atomic E-state index is 0.0386. The van der Waals surface area contributed by atoms with Crippen LogP contribution in [0.2, 0.25) is 5.02 Å². The number of Topliss-reactive ketones (excluding diaryl/α,β-unsaturated/α-hetero) is 1. The smallest absolute Gasteiger partial charge is 0.209 e. The molecule has 0 saturated heterocycles. The third kappa shape index (κ3) is 3.75. The number of carbonyl (C=O) groups excluding carboxylic acids is 1. The monoisotopic (exact) mass is 426 g/mol. The first-order valence-electron chi connectivity index (χ1n) is 9.02. The number of aryl methyl sites for hydroxylation is 1. The number of rotatable bonds is 6. The molecular formula is C21H19ClN4O2S. The predicted molar refractivity (Wildman–Crippen MR) is 116 cm³/mol. The van der Waals surface area contributed by atoms with Gasteiger partial charge in [-0.05, 0) is 38.1 Å². The maximum atomic E-state index is 13.1. The Balaban J connectivity index is 1.58. The van der Waals surface area contributed by atoms with E-state index in [1.807, 2.05) is 38.1 Å². The minimum atomic E-state index is -0.349. The number of aromatic amines is 2. The number of hydrogen-bond donors (Lipinski definition) is 2. The van der Waals surface area contributed by atoms with Gasteiger partial charge in [0.1, 0.15) is 5.75 Å². The Morgan fingerprint density at radius 2 is 2.03 bits per heavy atom. The molecule has 29 heavy (non-hydrogen) atoms. The van der Waals surface area contributed by atoms with Crippen LogP contribution in [0.1, 0.15) is 23.0 Å². The predicted octanol–water partition coefficient (Wildman–Crippen LogP) is 5.29. The third-order valence-corrected chi connectivity index (χ3v) is 5.87. The number of para-hydroxylation sites is 1. The Morgan fingerprint density at radius 3 is 2.83 bits per heavy atom. The molecule has 2 N–H and O–H groups in total. The number of nitrogens with one attached hydrogen (secondary N) is 2. The van der Waals surface area contributed by atoms with E-state index >= 15 is 0 Å². The topological polar surface area (TPSA) is 83.7 Å². The lowest BCUT2D eigenvalue weighted by atomic mass is 10.1. The lowest BCUT2D eigenvalue weighted by Crippen LogP contribution is -2.14. The van der Waals surface area contributed by atoms with Gasteiger partial charge in [0.25, 0.3) is 0 Å². The van der Waals surface area contributed by atoms with Crippen molar-refractivity contribution in [3.05, 3.63) is 58.7 Å². The standard InChI is InChI=1S/C21H19ClN4O2S/c1-11-18(14-6-4-5-7-16(14)23-11)19(27)12(2)29-21-24-20(25-26-21)15-10-13(22)8-9-17(15)28-3/h4-10,12,23H,1-3H3,(H,24,25,26). The summed E-state index contributed by atoms with van der Waals surface area (Å²) in [6.07, 6.45) is 0. The Hall–Kier alpha value is -2.77. The van der Waals surface area contributed by atoms with E-state index in [0.29, 0.717) is 32.9 Å². The molecule has 2 heterocycles. The highest BCUT2D eigenvalue weighted by atomic mass is 35.5. The van der Waals surface area contributed by atoms with E-state index in [9.17, 15) is 4.79 Å². The molecule has 0 bridgehead atoms.